The lowest BCUT2D eigenvalue weighted by Gasteiger charge is -2.07. The maximum absolute atomic E-state index is 13.8. The number of benzene rings is 1. The summed E-state index contributed by atoms with van der Waals surface area (Å²) in [5, 5.41) is 1.89. The molecule has 0 atom stereocenters. The summed E-state index contributed by atoms with van der Waals surface area (Å²) in [6, 6.07) is 6.81. The number of nitrogen functional groups attached to an aromatic ring is 1. The molecule has 2 aromatic rings. The second kappa shape index (κ2) is 3.90. The Morgan fingerprint density at radius 1 is 1.40 bits per heavy atom. The molecular formula is C11H10FNOS. The smallest absolute Gasteiger partial charge is 0.173 e. The van der Waals surface area contributed by atoms with E-state index in [2.05, 4.69) is 0 Å². The standard InChI is InChI=1S/C11H10FNOS/c1-14-9-6-7(13)5-8(11(9)12)10-3-2-4-15-10/h2-6H,13H2,1H3. The quantitative estimate of drug-likeness (QED) is 0.794. The third-order valence-electron chi connectivity index (χ3n) is 2.07. The topological polar surface area (TPSA) is 35.2 Å². The Labute approximate surface area is 91.1 Å². The van der Waals surface area contributed by atoms with Crippen LogP contribution in [0.5, 0.6) is 5.75 Å². The van der Waals surface area contributed by atoms with Crippen LogP contribution in [0.3, 0.4) is 0 Å². The van der Waals surface area contributed by atoms with Crippen molar-refractivity contribution in [3.63, 3.8) is 0 Å². The van der Waals surface area contributed by atoms with Crippen molar-refractivity contribution >= 4 is 17.0 Å². The number of hydrogen-bond acceptors (Lipinski definition) is 3. The fraction of sp³-hybridized carbons (Fsp3) is 0.0909. The van der Waals surface area contributed by atoms with Crippen LogP contribution in [0, 0.1) is 5.82 Å². The Kier molecular flexibility index (Phi) is 2.60. The van der Waals surface area contributed by atoms with Crippen molar-refractivity contribution in [2.24, 2.45) is 0 Å². The summed E-state index contributed by atoms with van der Waals surface area (Å²) in [5.74, 6) is -0.187. The predicted octanol–water partition coefficient (Wildman–Crippen LogP) is 3.15. The molecule has 0 aliphatic rings. The molecule has 0 saturated heterocycles. The summed E-state index contributed by atoms with van der Waals surface area (Å²) in [4.78, 5) is 0.845. The average molecular weight is 223 g/mol. The van der Waals surface area contributed by atoms with Gasteiger partial charge in [0.25, 0.3) is 0 Å². The number of ether oxygens (including phenoxy) is 1. The first-order valence-electron chi connectivity index (χ1n) is 4.39. The summed E-state index contributed by atoms with van der Waals surface area (Å²) >= 11 is 1.47. The fourth-order valence-electron chi connectivity index (χ4n) is 1.38. The second-order valence-electron chi connectivity index (χ2n) is 3.06. The van der Waals surface area contributed by atoms with Crippen LogP contribution in [0.1, 0.15) is 0 Å². The number of hydrogen-bond donors (Lipinski definition) is 1. The lowest BCUT2D eigenvalue weighted by atomic mass is 10.1. The first-order chi connectivity index (χ1) is 7.22. The van der Waals surface area contributed by atoms with Crippen LogP contribution < -0.4 is 10.5 Å². The molecule has 0 amide bonds. The zero-order valence-corrected chi connectivity index (χ0v) is 8.98. The highest BCUT2D eigenvalue weighted by Gasteiger charge is 2.12. The van der Waals surface area contributed by atoms with Crippen molar-refractivity contribution in [3.05, 3.63) is 35.5 Å². The van der Waals surface area contributed by atoms with Crippen molar-refractivity contribution in [1.82, 2.24) is 0 Å². The van der Waals surface area contributed by atoms with E-state index in [0.29, 0.717) is 11.3 Å². The molecule has 2 nitrogen and oxygen atoms in total. The maximum atomic E-state index is 13.8. The number of methoxy groups -OCH3 is 1. The predicted molar refractivity (Wildman–Crippen MR) is 60.7 cm³/mol. The van der Waals surface area contributed by atoms with Gasteiger partial charge in [-0.05, 0) is 17.5 Å². The molecule has 1 aromatic carbocycles. The average Bonchev–Trinajstić information content (AvgIpc) is 2.74. The van der Waals surface area contributed by atoms with Gasteiger partial charge in [0.2, 0.25) is 0 Å². The molecule has 0 aliphatic carbocycles. The lowest BCUT2D eigenvalue weighted by molar-refractivity contribution is 0.387. The highest BCUT2D eigenvalue weighted by Crippen LogP contribution is 2.34. The van der Waals surface area contributed by atoms with Gasteiger partial charge in [-0.15, -0.1) is 11.3 Å². The van der Waals surface area contributed by atoms with Gasteiger partial charge in [0.15, 0.2) is 11.6 Å². The maximum Gasteiger partial charge on any atom is 0.173 e. The zero-order valence-electron chi connectivity index (χ0n) is 8.16. The van der Waals surface area contributed by atoms with E-state index in [0.717, 1.165) is 4.88 Å². The van der Waals surface area contributed by atoms with Crippen LogP contribution in [0.15, 0.2) is 29.6 Å². The van der Waals surface area contributed by atoms with Gasteiger partial charge >= 0.3 is 0 Å². The summed E-state index contributed by atoms with van der Waals surface area (Å²) in [6.07, 6.45) is 0. The van der Waals surface area contributed by atoms with E-state index in [-0.39, 0.29) is 11.6 Å². The van der Waals surface area contributed by atoms with Gasteiger partial charge in [0.05, 0.1) is 7.11 Å². The molecule has 15 heavy (non-hydrogen) atoms. The molecule has 0 radical (unpaired) electrons. The molecular weight excluding hydrogens is 213 g/mol. The first kappa shape index (κ1) is 9.98. The molecule has 2 rings (SSSR count). The van der Waals surface area contributed by atoms with E-state index in [1.165, 1.54) is 24.5 Å². The Balaban J connectivity index is 2.61. The van der Waals surface area contributed by atoms with Gasteiger partial charge in [-0.2, -0.15) is 0 Å². The van der Waals surface area contributed by atoms with Crippen LogP contribution >= 0.6 is 11.3 Å². The second-order valence-corrected chi connectivity index (χ2v) is 4.01. The van der Waals surface area contributed by atoms with E-state index in [1.807, 2.05) is 17.5 Å². The zero-order chi connectivity index (χ0) is 10.8. The van der Waals surface area contributed by atoms with E-state index < -0.39 is 0 Å². The summed E-state index contributed by atoms with van der Waals surface area (Å²) < 4.78 is 18.8. The summed E-state index contributed by atoms with van der Waals surface area (Å²) in [7, 11) is 1.43. The van der Waals surface area contributed by atoms with E-state index in [1.54, 1.807) is 6.07 Å². The van der Waals surface area contributed by atoms with Gasteiger partial charge in [-0.3, -0.25) is 0 Å². The highest BCUT2D eigenvalue weighted by atomic mass is 32.1. The third kappa shape index (κ3) is 1.80. The van der Waals surface area contributed by atoms with Gasteiger partial charge in [0.1, 0.15) is 0 Å². The van der Waals surface area contributed by atoms with Crippen LogP contribution in [0.4, 0.5) is 10.1 Å². The molecule has 0 spiro atoms. The first-order valence-corrected chi connectivity index (χ1v) is 5.27. The van der Waals surface area contributed by atoms with E-state index in [9.17, 15) is 4.39 Å². The Morgan fingerprint density at radius 3 is 2.80 bits per heavy atom. The van der Waals surface area contributed by atoms with Crippen molar-refractivity contribution in [3.8, 4) is 16.2 Å². The minimum absolute atomic E-state index is 0.179. The molecule has 78 valence electrons. The molecule has 0 aliphatic heterocycles. The van der Waals surface area contributed by atoms with E-state index in [4.69, 9.17) is 10.5 Å². The van der Waals surface area contributed by atoms with Crippen molar-refractivity contribution in [2.45, 2.75) is 0 Å². The molecule has 2 N–H and O–H groups in total. The largest absolute Gasteiger partial charge is 0.494 e. The molecule has 0 bridgehead atoms. The highest BCUT2D eigenvalue weighted by molar-refractivity contribution is 7.13. The number of halogens is 1. The molecule has 0 saturated carbocycles. The summed E-state index contributed by atoms with van der Waals surface area (Å²) in [6.45, 7) is 0. The third-order valence-corrected chi connectivity index (χ3v) is 2.97. The van der Waals surface area contributed by atoms with Crippen LogP contribution in [-0.2, 0) is 0 Å². The number of thiophene rings is 1. The van der Waals surface area contributed by atoms with Crippen LogP contribution in [0.25, 0.3) is 10.4 Å². The normalized spacial score (nSPS) is 10.3. The minimum Gasteiger partial charge on any atom is -0.494 e. The van der Waals surface area contributed by atoms with E-state index >= 15 is 0 Å². The number of rotatable bonds is 2. The number of nitrogens with two attached hydrogens (primary N) is 1. The van der Waals surface area contributed by atoms with Crippen molar-refractivity contribution < 1.29 is 9.13 Å². The molecule has 4 heteroatoms. The lowest BCUT2D eigenvalue weighted by Crippen LogP contribution is -1.94. The van der Waals surface area contributed by atoms with Crippen molar-refractivity contribution in [2.75, 3.05) is 12.8 Å². The summed E-state index contributed by atoms with van der Waals surface area (Å²) in [5.41, 5.74) is 6.65. The van der Waals surface area contributed by atoms with Crippen LogP contribution in [-0.4, -0.2) is 7.11 Å². The van der Waals surface area contributed by atoms with Gasteiger partial charge in [-0.25, -0.2) is 4.39 Å². The van der Waals surface area contributed by atoms with Crippen LogP contribution in [0.2, 0.25) is 0 Å². The molecule has 0 fully saturated rings. The van der Waals surface area contributed by atoms with Crippen molar-refractivity contribution in [1.29, 1.82) is 0 Å². The molecule has 1 aromatic heterocycles. The van der Waals surface area contributed by atoms with Gasteiger partial charge in [-0.1, -0.05) is 6.07 Å². The number of anilines is 1. The van der Waals surface area contributed by atoms with Gasteiger partial charge in [0, 0.05) is 22.2 Å². The molecule has 0 unspecified atom stereocenters. The minimum atomic E-state index is -0.367. The Hall–Kier alpha value is -1.55. The molecule has 1 heterocycles. The van der Waals surface area contributed by atoms with Gasteiger partial charge < -0.3 is 10.5 Å². The Bertz CT molecular complexity index is 468. The Morgan fingerprint density at radius 2 is 2.20 bits per heavy atom. The fourth-order valence-corrected chi connectivity index (χ4v) is 2.12. The monoisotopic (exact) mass is 223 g/mol. The SMILES string of the molecule is COc1cc(N)cc(-c2cccs2)c1F.